The maximum Gasteiger partial charge on any atom is 0.330 e. The molecule has 2 fully saturated rings. The summed E-state index contributed by atoms with van der Waals surface area (Å²) in [7, 11) is 0. The molecule has 2 aliphatic heterocycles. The minimum absolute atomic E-state index is 0.122. The molecule has 0 radical (unpaired) electrons. The number of hydrogen-bond acceptors (Lipinski definition) is 4. The number of rotatable bonds is 7. The number of imide groups is 2. The number of barbiturate groups is 1. The number of nitrogens with zero attached hydrogens (tertiary/aromatic N) is 2. The monoisotopic (exact) mass is 399 g/mol. The topological polar surface area (TPSA) is 83.3 Å². The second-order valence-corrected chi connectivity index (χ2v) is 7.98. The quantitative estimate of drug-likeness (QED) is 0.534. The molecular formula is C22H31N4O3+. The molecule has 156 valence electrons. The largest absolute Gasteiger partial charge is 0.331 e. The molecule has 0 unspecified atom stereocenters. The van der Waals surface area contributed by atoms with Gasteiger partial charge in [-0.25, -0.2) is 4.79 Å². The number of benzene rings is 1. The van der Waals surface area contributed by atoms with Gasteiger partial charge in [-0.2, -0.15) is 0 Å². The lowest BCUT2D eigenvalue weighted by molar-refractivity contribution is -0.918. The third-order valence-corrected chi connectivity index (χ3v) is 5.75. The summed E-state index contributed by atoms with van der Waals surface area (Å²) < 4.78 is 0. The average molecular weight is 400 g/mol. The van der Waals surface area contributed by atoms with E-state index in [1.165, 1.54) is 10.5 Å². The Labute approximate surface area is 172 Å². The van der Waals surface area contributed by atoms with Gasteiger partial charge in [0, 0.05) is 30.7 Å². The lowest BCUT2D eigenvalue weighted by Crippen LogP contribution is -3.12. The van der Waals surface area contributed by atoms with Crippen LogP contribution in [0.1, 0.15) is 45.1 Å². The van der Waals surface area contributed by atoms with Crippen LogP contribution in [0.15, 0.2) is 35.3 Å². The summed E-state index contributed by atoms with van der Waals surface area (Å²) in [6.07, 6.45) is 3.45. The highest BCUT2D eigenvalue weighted by atomic mass is 16.2. The normalized spacial score (nSPS) is 25.9. The van der Waals surface area contributed by atoms with Crippen molar-refractivity contribution in [3.05, 3.63) is 35.9 Å². The molecule has 2 heterocycles. The van der Waals surface area contributed by atoms with E-state index < -0.39 is 23.8 Å². The standard InChI is InChI=1S/C22H30N4O3/c1-3-4-12-26-21(28)19(20(27)24-22(26)29)16(2)23-18-10-13-25(14-11-18)15-17-8-6-5-7-9-17/h5-9,18-19H,3-4,10-15H2,1-2H3,(H,24,27,29)/p+1/t19-/m1/s1. The molecule has 4 amide bonds. The number of aliphatic imine (C=N–C) groups is 1. The molecule has 1 atom stereocenters. The third-order valence-electron chi connectivity index (χ3n) is 5.75. The molecule has 7 heteroatoms. The van der Waals surface area contributed by atoms with Gasteiger partial charge < -0.3 is 4.90 Å². The van der Waals surface area contributed by atoms with Crippen LogP contribution in [-0.4, -0.2) is 54.1 Å². The number of quaternary nitrogens is 1. The molecule has 3 rings (SSSR count). The molecule has 1 aromatic carbocycles. The van der Waals surface area contributed by atoms with E-state index in [9.17, 15) is 14.4 Å². The highest BCUT2D eigenvalue weighted by molar-refractivity contribution is 6.27. The fraction of sp³-hybridized carbons (Fsp3) is 0.545. The molecule has 0 aromatic heterocycles. The van der Waals surface area contributed by atoms with E-state index in [4.69, 9.17) is 4.99 Å². The first-order valence-electron chi connectivity index (χ1n) is 10.6. The molecule has 7 nitrogen and oxygen atoms in total. The van der Waals surface area contributed by atoms with Gasteiger partial charge >= 0.3 is 6.03 Å². The van der Waals surface area contributed by atoms with Gasteiger partial charge in [0.05, 0.1) is 19.1 Å². The highest BCUT2D eigenvalue weighted by Crippen LogP contribution is 2.16. The first-order chi connectivity index (χ1) is 14.0. The number of amides is 4. The van der Waals surface area contributed by atoms with E-state index in [1.54, 1.807) is 6.92 Å². The third kappa shape index (κ3) is 5.29. The number of carbonyl (C=O) groups is 3. The summed E-state index contributed by atoms with van der Waals surface area (Å²) in [5, 5.41) is 2.31. The van der Waals surface area contributed by atoms with Crippen molar-refractivity contribution in [1.82, 2.24) is 10.2 Å². The Hall–Kier alpha value is -2.54. The predicted molar refractivity (Wildman–Crippen MR) is 111 cm³/mol. The maximum absolute atomic E-state index is 12.7. The molecule has 0 aliphatic carbocycles. The molecule has 2 N–H and O–H groups in total. The van der Waals surface area contributed by atoms with Gasteiger partial charge in [0.1, 0.15) is 6.54 Å². The number of nitrogens with one attached hydrogen (secondary N) is 2. The zero-order chi connectivity index (χ0) is 20.8. The van der Waals surface area contributed by atoms with E-state index in [0.717, 1.165) is 50.2 Å². The molecule has 0 saturated carbocycles. The van der Waals surface area contributed by atoms with Crippen LogP contribution < -0.4 is 10.2 Å². The molecule has 0 bridgehead atoms. The van der Waals surface area contributed by atoms with Crippen LogP contribution in [0.2, 0.25) is 0 Å². The minimum atomic E-state index is -0.987. The highest BCUT2D eigenvalue weighted by Gasteiger charge is 2.42. The molecule has 1 aromatic rings. The zero-order valence-electron chi connectivity index (χ0n) is 17.3. The summed E-state index contributed by atoms with van der Waals surface area (Å²) in [6, 6.07) is 9.97. The molecule has 0 spiro atoms. The van der Waals surface area contributed by atoms with Crippen molar-refractivity contribution in [3.8, 4) is 0 Å². The van der Waals surface area contributed by atoms with Crippen molar-refractivity contribution < 1.29 is 19.3 Å². The number of piperidine rings is 1. The number of unbranched alkanes of at least 4 members (excludes halogenated alkanes) is 1. The summed E-state index contributed by atoms with van der Waals surface area (Å²) >= 11 is 0. The van der Waals surface area contributed by atoms with Crippen LogP contribution in [0.4, 0.5) is 4.79 Å². The Morgan fingerprint density at radius 2 is 1.86 bits per heavy atom. The van der Waals surface area contributed by atoms with E-state index >= 15 is 0 Å². The maximum atomic E-state index is 12.7. The van der Waals surface area contributed by atoms with Crippen molar-refractivity contribution in [1.29, 1.82) is 0 Å². The van der Waals surface area contributed by atoms with Crippen LogP contribution in [0.25, 0.3) is 0 Å². The van der Waals surface area contributed by atoms with Crippen molar-refractivity contribution in [2.75, 3.05) is 19.6 Å². The van der Waals surface area contributed by atoms with Crippen LogP contribution in [0.5, 0.6) is 0 Å². The number of carbonyl (C=O) groups excluding carboxylic acids is 3. The van der Waals surface area contributed by atoms with Gasteiger partial charge in [-0.15, -0.1) is 0 Å². The zero-order valence-corrected chi connectivity index (χ0v) is 17.3. The fourth-order valence-corrected chi connectivity index (χ4v) is 4.07. The van der Waals surface area contributed by atoms with Gasteiger partial charge in [0.15, 0.2) is 5.92 Å². The van der Waals surface area contributed by atoms with Crippen molar-refractivity contribution >= 4 is 23.6 Å². The van der Waals surface area contributed by atoms with Crippen molar-refractivity contribution in [3.63, 3.8) is 0 Å². The average Bonchev–Trinajstić information content (AvgIpc) is 2.70. The fourth-order valence-electron chi connectivity index (χ4n) is 4.07. The van der Waals surface area contributed by atoms with Crippen LogP contribution in [-0.2, 0) is 16.1 Å². The van der Waals surface area contributed by atoms with Crippen LogP contribution >= 0.6 is 0 Å². The SMILES string of the molecule is CCCCN1C(=O)NC(=O)[C@@H](C(C)=NC2CC[NH+](Cc3ccccc3)CC2)C1=O. The lowest BCUT2D eigenvalue weighted by atomic mass is 9.98. The summed E-state index contributed by atoms with van der Waals surface area (Å²) in [4.78, 5) is 44.5. The second-order valence-electron chi connectivity index (χ2n) is 7.98. The van der Waals surface area contributed by atoms with Gasteiger partial charge in [0.25, 0.3) is 0 Å². The first-order valence-corrected chi connectivity index (χ1v) is 10.6. The minimum Gasteiger partial charge on any atom is -0.331 e. The van der Waals surface area contributed by atoms with Gasteiger partial charge in [0.2, 0.25) is 11.8 Å². The smallest absolute Gasteiger partial charge is 0.330 e. The summed E-state index contributed by atoms with van der Waals surface area (Å²) in [5.74, 6) is -1.99. The van der Waals surface area contributed by atoms with Gasteiger partial charge in [-0.3, -0.25) is 24.8 Å². The van der Waals surface area contributed by atoms with Gasteiger partial charge in [-0.1, -0.05) is 43.7 Å². The van der Waals surface area contributed by atoms with Gasteiger partial charge in [-0.05, 0) is 13.3 Å². The molecule has 2 aliphatic rings. The summed E-state index contributed by atoms with van der Waals surface area (Å²) in [5.41, 5.74) is 1.85. The molecular weight excluding hydrogens is 368 g/mol. The van der Waals surface area contributed by atoms with Crippen molar-refractivity contribution in [2.24, 2.45) is 10.9 Å². The Kier molecular flexibility index (Phi) is 7.14. The van der Waals surface area contributed by atoms with Crippen LogP contribution in [0.3, 0.4) is 0 Å². The number of hydrogen-bond donors (Lipinski definition) is 2. The Morgan fingerprint density at radius 3 is 2.52 bits per heavy atom. The Balaban J connectivity index is 1.59. The van der Waals surface area contributed by atoms with Crippen molar-refractivity contribution in [2.45, 2.75) is 52.1 Å². The summed E-state index contributed by atoms with van der Waals surface area (Å²) in [6.45, 7) is 7.10. The first kappa shape index (κ1) is 21.2. The molecule has 2 saturated heterocycles. The molecule has 29 heavy (non-hydrogen) atoms. The number of urea groups is 1. The van der Waals surface area contributed by atoms with E-state index in [2.05, 4.69) is 29.6 Å². The van der Waals surface area contributed by atoms with Crippen LogP contribution in [0, 0.1) is 5.92 Å². The van der Waals surface area contributed by atoms with E-state index in [0.29, 0.717) is 12.3 Å². The van der Waals surface area contributed by atoms with E-state index in [-0.39, 0.29) is 6.04 Å². The second kappa shape index (κ2) is 9.78. The Bertz CT molecular complexity index is 770. The van der Waals surface area contributed by atoms with E-state index in [1.807, 2.05) is 13.0 Å². The lowest BCUT2D eigenvalue weighted by Gasteiger charge is -2.31. The number of likely N-dealkylation sites (tertiary alicyclic amines) is 1. The Morgan fingerprint density at radius 1 is 1.17 bits per heavy atom. The predicted octanol–water partition coefficient (Wildman–Crippen LogP) is 1.19.